The SMILES string of the molecule is O=C1N=NC(c2ccc(NC(=O)N3Cc4ccc(CN5CC[C@H](F)C5)cc4C3)cc2)=C2C=CC=CC12. The maximum Gasteiger partial charge on any atom is 0.322 e. The molecule has 1 fully saturated rings. The second-order valence-electron chi connectivity index (χ2n) is 9.65. The molecular formula is C28H26FN5O2. The molecule has 0 bridgehead atoms. The maximum absolute atomic E-state index is 13.5. The van der Waals surface area contributed by atoms with Crippen LogP contribution in [0.3, 0.4) is 0 Å². The van der Waals surface area contributed by atoms with Crippen molar-refractivity contribution >= 4 is 23.3 Å². The lowest BCUT2D eigenvalue weighted by molar-refractivity contribution is -0.119. The number of likely N-dealkylation sites (tertiary alicyclic amines) is 1. The third kappa shape index (κ3) is 4.40. The van der Waals surface area contributed by atoms with E-state index in [0.29, 0.717) is 37.4 Å². The monoisotopic (exact) mass is 483 g/mol. The second-order valence-corrected chi connectivity index (χ2v) is 9.65. The van der Waals surface area contributed by atoms with Gasteiger partial charge in [-0.2, -0.15) is 0 Å². The smallest absolute Gasteiger partial charge is 0.316 e. The van der Waals surface area contributed by atoms with Gasteiger partial charge in [-0.15, -0.1) is 10.2 Å². The molecule has 2 aromatic rings. The number of amides is 3. The van der Waals surface area contributed by atoms with Crippen molar-refractivity contribution in [1.82, 2.24) is 9.80 Å². The Bertz CT molecular complexity index is 1340. The molecule has 0 spiro atoms. The van der Waals surface area contributed by atoms with Crippen LogP contribution in [0.2, 0.25) is 0 Å². The van der Waals surface area contributed by atoms with Crippen LogP contribution in [0.15, 0.2) is 82.6 Å². The zero-order chi connectivity index (χ0) is 24.6. The Morgan fingerprint density at radius 2 is 1.89 bits per heavy atom. The molecular weight excluding hydrogens is 457 g/mol. The molecule has 2 aromatic carbocycles. The lowest BCUT2D eigenvalue weighted by atomic mass is 9.89. The number of carbonyl (C=O) groups excluding carboxylic acids is 2. The summed E-state index contributed by atoms with van der Waals surface area (Å²) in [5.41, 5.74) is 6.45. The van der Waals surface area contributed by atoms with Crippen molar-refractivity contribution in [2.75, 3.05) is 18.4 Å². The van der Waals surface area contributed by atoms with Gasteiger partial charge in [0.25, 0.3) is 5.91 Å². The minimum absolute atomic E-state index is 0.161. The predicted octanol–water partition coefficient (Wildman–Crippen LogP) is 5.22. The number of rotatable bonds is 4. The summed E-state index contributed by atoms with van der Waals surface area (Å²) < 4.78 is 13.5. The van der Waals surface area contributed by atoms with Crippen LogP contribution in [0.4, 0.5) is 14.9 Å². The van der Waals surface area contributed by atoms with Crippen molar-refractivity contribution in [2.45, 2.75) is 32.2 Å². The van der Waals surface area contributed by atoms with Crippen molar-refractivity contribution < 1.29 is 14.0 Å². The lowest BCUT2D eigenvalue weighted by Gasteiger charge is -2.20. The molecule has 8 heteroatoms. The number of fused-ring (bicyclic) bond motifs is 2. The normalized spacial score (nSPS) is 22.8. The summed E-state index contributed by atoms with van der Waals surface area (Å²) in [6.45, 7) is 3.13. The van der Waals surface area contributed by atoms with E-state index in [1.54, 1.807) is 4.90 Å². The molecule has 1 saturated heterocycles. The first-order valence-corrected chi connectivity index (χ1v) is 12.2. The number of nitrogens with zero attached hydrogens (tertiary/aromatic N) is 4. The van der Waals surface area contributed by atoms with E-state index in [9.17, 15) is 14.0 Å². The number of nitrogens with one attached hydrogen (secondary N) is 1. The number of allylic oxidation sites excluding steroid dienone is 3. The molecule has 3 aliphatic heterocycles. The zero-order valence-electron chi connectivity index (χ0n) is 19.7. The molecule has 36 heavy (non-hydrogen) atoms. The average Bonchev–Trinajstić information content (AvgIpc) is 3.51. The number of hydrogen-bond donors (Lipinski definition) is 1. The van der Waals surface area contributed by atoms with E-state index in [4.69, 9.17) is 0 Å². The van der Waals surface area contributed by atoms with E-state index in [1.807, 2.05) is 48.6 Å². The number of alkyl halides is 1. The van der Waals surface area contributed by atoms with Crippen LogP contribution in [-0.2, 0) is 24.4 Å². The fourth-order valence-corrected chi connectivity index (χ4v) is 5.22. The van der Waals surface area contributed by atoms with Crippen molar-refractivity contribution in [1.29, 1.82) is 0 Å². The molecule has 1 N–H and O–H groups in total. The summed E-state index contributed by atoms with van der Waals surface area (Å²) in [6.07, 6.45) is 7.33. The molecule has 182 valence electrons. The molecule has 0 radical (unpaired) electrons. The Hall–Kier alpha value is -3.91. The van der Waals surface area contributed by atoms with Gasteiger partial charge in [0.2, 0.25) is 0 Å². The van der Waals surface area contributed by atoms with Gasteiger partial charge in [-0.3, -0.25) is 9.69 Å². The number of anilines is 1. The lowest BCUT2D eigenvalue weighted by Crippen LogP contribution is -2.30. The van der Waals surface area contributed by atoms with Gasteiger partial charge in [-0.05, 0) is 40.8 Å². The van der Waals surface area contributed by atoms with Crippen LogP contribution in [0.5, 0.6) is 0 Å². The van der Waals surface area contributed by atoms with Crippen molar-refractivity contribution in [3.05, 3.63) is 94.6 Å². The summed E-state index contributed by atoms with van der Waals surface area (Å²) in [5.74, 6) is -0.656. The van der Waals surface area contributed by atoms with E-state index in [0.717, 1.165) is 40.9 Å². The van der Waals surface area contributed by atoms with Crippen molar-refractivity contribution in [2.24, 2.45) is 16.1 Å². The third-order valence-electron chi connectivity index (χ3n) is 7.12. The average molecular weight is 484 g/mol. The summed E-state index contributed by atoms with van der Waals surface area (Å²) in [6, 6.07) is 13.6. The molecule has 1 aliphatic carbocycles. The number of hydrogen-bond acceptors (Lipinski definition) is 4. The van der Waals surface area contributed by atoms with Gasteiger partial charge in [0.15, 0.2) is 0 Å². The van der Waals surface area contributed by atoms with Gasteiger partial charge in [0.1, 0.15) is 6.17 Å². The highest BCUT2D eigenvalue weighted by molar-refractivity contribution is 5.92. The summed E-state index contributed by atoms with van der Waals surface area (Å²) in [7, 11) is 0. The van der Waals surface area contributed by atoms with E-state index >= 15 is 0 Å². The van der Waals surface area contributed by atoms with Gasteiger partial charge < -0.3 is 10.2 Å². The molecule has 3 amide bonds. The molecule has 0 aromatic heterocycles. The van der Waals surface area contributed by atoms with Gasteiger partial charge in [-0.25, -0.2) is 9.18 Å². The number of carbonyl (C=O) groups is 2. The first kappa shape index (κ1) is 22.5. The van der Waals surface area contributed by atoms with Crippen LogP contribution in [-0.4, -0.2) is 41.0 Å². The predicted molar refractivity (Wildman–Crippen MR) is 134 cm³/mol. The van der Waals surface area contributed by atoms with Crippen LogP contribution in [0, 0.1) is 5.92 Å². The van der Waals surface area contributed by atoms with E-state index in [2.05, 4.69) is 38.6 Å². The van der Waals surface area contributed by atoms with Crippen LogP contribution in [0.1, 0.15) is 28.7 Å². The van der Waals surface area contributed by atoms with E-state index in [1.165, 1.54) is 0 Å². The highest BCUT2D eigenvalue weighted by Crippen LogP contribution is 2.34. The van der Waals surface area contributed by atoms with Crippen molar-refractivity contribution in [3.63, 3.8) is 0 Å². The molecule has 6 rings (SSSR count). The standard InChI is InChI=1S/C28H26FN5O2/c29-22-11-12-33(17-22)14-18-5-6-20-15-34(16-21(20)13-18)28(36)30-23-9-7-19(8-10-23)26-24-3-1-2-4-25(24)27(35)32-31-26/h1-10,13,22,25H,11-12,14-17H2,(H,30,36)/t22-,25?/m0/s1. The largest absolute Gasteiger partial charge is 0.322 e. The molecule has 3 heterocycles. The van der Waals surface area contributed by atoms with Gasteiger partial charge in [0, 0.05) is 44.0 Å². The van der Waals surface area contributed by atoms with Gasteiger partial charge in [-0.1, -0.05) is 54.6 Å². The topological polar surface area (TPSA) is 77.4 Å². The molecule has 2 atom stereocenters. The van der Waals surface area contributed by atoms with Gasteiger partial charge in [0.05, 0.1) is 11.6 Å². The quantitative estimate of drug-likeness (QED) is 0.647. The molecule has 4 aliphatic rings. The van der Waals surface area contributed by atoms with E-state index in [-0.39, 0.29) is 11.9 Å². The fraction of sp³-hybridized carbons (Fsp3) is 0.286. The van der Waals surface area contributed by atoms with Crippen LogP contribution in [0.25, 0.3) is 5.70 Å². The Morgan fingerprint density at radius 1 is 1.06 bits per heavy atom. The molecule has 1 unspecified atom stereocenters. The number of urea groups is 1. The Morgan fingerprint density at radius 3 is 2.69 bits per heavy atom. The number of azo groups is 1. The van der Waals surface area contributed by atoms with Crippen LogP contribution < -0.4 is 5.32 Å². The third-order valence-corrected chi connectivity index (χ3v) is 7.12. The van der Waals surface area contributed by atoms with Crippen LogP contribution >= 0.6 is 0 Å². The number of halogens is 1. The Balaban J connectivity index is 1.10. The molecule has 7 nitrogen and oxygen atoms in total. The summed E-state index contributed by atoms with van der Waals surface area (Å²) in [4.78, 5) is 28.9. The minimum atomic E-state index is -0.723. The highest BCUT2D eigenvalue weighted by atomic mass is 19.1. The Kier molecular flexibility index (Phi) is 5.81. The fourth-order valence-electron chi connectivity index (χ4n) is 5.22. The van der Waals surface area contributed by atoms with Gasteiger partial charge >= 0.3 is 6.03 Å². The maximum atomic E-state index is 13.5. The zero-order valence-corrected chi connectivity index (χ0v) is 19.7. The summed E-state index contributed by atoms with van der Waals surface area (Å²) in [5, 5.41) is 10.9. The van der Waals surface area contributed by atoms with Crippen molar-refractivity contribution in [3.8, 4) is 0 Å². The highest BCUT2D eigenvalue weighted by Gasteiger charge is 2.28. The first-order valence-electron chi connectivity index (χ1n) is 12.2. The number of benzene rings is 2. The summed E-state index contributed by atoms with van der Waals surface area (Å²) >= 11 is 0. The van der Waals surface area contributed by atoms with E-state index < -0.39 is 12.1 Å². The minimum Gasteiger partial charge on any atom is -0.316 e. The Labute approximate surface area is 208 Å². The molecule has 0 saturated carbocycles. The second kappa shape index (κ2) is 9.28. The first-order chi connectivity index (χ1) is 17.5.